The van der Waals surface area contributed by atoms with E-state index in [2.05, 4.69) is 20.8 Å². The van der Waals surface area contributed by atoms with Gasteiger partial charge in [-0.05, 0) is 30.9 Å². The molecule has 2 rings (SSSR count). The van der Waals surface area contributed by atoms with E-state index in [9.17, 15) is 10.2 Å². The van der Waals surface area contributed by atoms with Crippen molar-refractivity contribution in [3.63, 3.8) is 0 Å². The van der Waals surface area contributed by atoms with E-state index in [1.165, 1.54) is 32.1 Å². The van der Waals surface area contributed by atoms with Crippen molar-refractivity contribution in [1.82, 2.24) is 4.90 Å². The fourth-order valence-electron chi connectivity index (χ4n) is 3.24. The van der Waals surface area contributed by atoms with Crippen LogP contribution in [0.25, 0.3) is 0 Å². The lowest BCUT2D eigenvalue weighted by Gasteiger charge is -2.34. The molecular formula is C17H26BrNO2. The number of aliphatic hydroxyl groups is 2. The predicted octanol–water partition coefficient (Wildman–Crippen LogP) is 3.50. The molecule has 1 aromatic rings. The zero-order chi connectivity index (χ0) is 15.1. The van der Waals surface area contributed by atoms with E-state index in [0.717, 1.165) is 16.6 Å². The summed E-state index contributed by atoms with van der Waals surface area (Å²) in [7, 11) is 0. The lowest BCUT2D eigenvalue weighted by Crippen LogP contribution is -2.39. The van der Waals surface area contributed by atoms with E-state index in [0.29, 0.717) is 19.0 Å². The summed E-state index contributed by atoms with van der Waals surface area (Å²) >= 11 is 3.50. The molecule has 1 unspecified atom stereocenters. The minimum absolute atomic E-state index is 0.196. The number of hydrogen-bond acceptors (Lipinski definition) is 3. The van der Waals surface area contributed by atoms with Crippen molar-refractivity contribution in [2.75, 3.05) is 19.7 Å². The molecule has 1 aliphatic rings. The second-order valence-corrected chi connectivity index (χ2v) is 6.73. The average Bonchev–Trinajstić information content (AvgIpc) is 2.52. The third-order valence-corrected chi connectivity index (χ3v) is 5.15. The zero-order valence-electron chi connectivity index (χ0n) is 12.5. The Kier molecular flexibility index (Phi) is 7.17. The molecule has 0 heterocycles. The first kappa shape index (κ1) is 16.9. The molecule has 1 saturated carbocycles. The third-order valence-electron chi connectivity index (χ3n) is 4.43. The predicted molar refractivity (Wildman–Crippen MR) is 89.3 cm³/mol. The Morgan fingerprint density at radius 3 is 2.52 bits per heavy atom. The number of halogens is 1. The molecule has 0 aromatic heterocycles. The third kappa shape index (κ3) is 5.06. The summed E-state index contributed by atoms with van der Waals surface area (Å²) in [6, 6.07) is 8.42. The quantitative estimate of drug-likeness (QED) is 0.786. The minimum atomic E-state index is -0.453. The summed E-state index contributed by atoms with van der Waals surface area (Å²) in [6.07, 6.45) is 6.63. The molecular weight excluding hydrogens is 330 g/mol. The van der Waals surface area contributed by atoms with Gasteiger partial charge in [-0.1, -0.05) is 53.4 Å². The average molecular weight is 356 g/mol. The van der Waals surface area contributed by atoms with Gasteiger partial charge >= 0.3 is 0 Å². The van der Waals surface area contributed by atoms with E-state index in [-0.39, 0.29) is 6.61 Å². The van der Waals surface area contributed by atoms with Crippen molar-refractivity contribution in [2.45, 2.75) is 50.7 Å². The lowest BCUT2D eigenvalue weighted by atomic mass is 9.93. The Hall–Kier alpha value is -0.420. The lowest BCUT2D eigenvalue weighted by molar-refractivity contribution is 0.0920. The normalized spacial score (nSPS) is 18.1. The fourth-order valence-corrected chi connectivity index (χ4v) is 3.79. The maximum Gasteiger partial charge on any atom is 0.0813 e. The molecule has 3 nitrogen and oxygen atoms in total. The maximum atomic E-state index is 10.4. The van der Waals surface area contributed by atoms with Crippen LogP contribution in [0.3, 0.4) is 0 Å². The molecule has 118 valence electrons. The monoisotopic (exact) mass is 355 g/mol. The van der Waals surface area contributed by atoms with Gasteiger partial charge in [-0.25, -0.2) is 0 Å². The second kappa shape index (κ2) is 8.89. The first-order chi connectivity index (χ1) is 10.2. The van der Waals surface area contributed by atoms with Crippen molar-refractivity contribution in [3.8, 4) is 0 Å². The van der Waals surface area contributed by atoms with Crippen LogP contribution >= 0.6 is 15.9 Å². The van der Waals surface area contributed by atoms with Crippen LogP contribution < -0.4 is 0 Å². The highest BCUT2D eigenvalue weighted by molar-refractivity contribution is 9.10. The minimum Gasteiger partial charge on any atom is -0.395 e. The van der Waals surface area contributed by atoms with Gasteiger partial charge in [0.05, 0.1) is 12.7 Å². The Labute approximate surface area is 136 Å². The van der Waals surface area contributed by atoms with Crippen molar-refractivity contribution < 1.29 is 10.2 Å². The summed E-state index contributed by atoms with van der Waals surface area (Å²) in [5, 5.41) is 19.7. The zero-order valence-corrected chi connectivity index (χ0v) is 14.1. The van der Waals surface area contributed by atoms with Crippen LogP contribution in [-0.4, -0.2) is 40.9 Å². The molecule has 21 heavy (non-hydrogen) atoms. The summed E-state index contributed by atoms with van der Waals surface area (Å²) in [5.41, 5.74) is 0.949. The molecule has 0 spiro atoms. The van der Waals surface area contributed by atoms with Crippen molar-refractivity contribution >= 4 is 15.9 Å². The highest BCUT2D eigenvalue weighted by Gasteiger charge is 2.21. The van der Waals surface area contributed by atoms with E-state index in [4.69, 9.17) is 0 Å². The Bertz CT molecular complexity index is 421. The van der Waals surface area contributed by atoms with Crippen LogP contribution in [-0.2, 0) is 0 Å². The van der Waals surface area contributed by atoms with E-state index < -0.39 is 6.10 Å². The van der Waals surface area contributed by atoms with E-state index in [1.807, 2.05) is 24.3 Å². The van der Waals surface area contributed by atoms with Gasteiger partial charge < -0.3 is 10.2 Å². The topological polar surface area (TPSA) is 43.7 Å². The van der Waals surface area contributed by atoms with Gasteiger partial charge in [-0.3, -0.25) is 4.90 Å². The summed E-state index contributed by atoms with van der Waals surface area (Å²) in [5.74, 6) is 0. The number of hydrogen-bond donors (Lipinski definition) is 2. The van der Waals surface area contributed by atoms with Crippen molar-refractivity contribution in [2.24, 2.45) is 0 Å². The molecule has 1 fully saturated rings. The molecule has 4 heteroatoms. The Balaban J connectivity index is 1.90. The first-order valence-corrected chi connectivity index (χ1v) is 8.79. The van der Waals surface area contributed by atoms with Crippen molar-refractivity contribution in [1.29, 1.82) is 0 Å². The molecule has 2 N–H and O–H groups in total. The van der Waals surface area contributed by atoms with Gasteiger partial charge in [-0.2, -0.15) is 0 Å². The highest BCUT2D eigenvalue weighted by Crippen LogP contribution is 2.27. The molecule has 0 radical (unpaired) electrons. The van der Waals surface area contributed by atoms with Gasteiger partial charge in [0.25, 0.3) is 0 Å². The van der Waals surface area contributed by atoms with Crippen molar-refractivity contribution in [3.05, 3.63) is 34.3 Å². The largest absolute Gasteiger partial charge is 0.395 e. The summed E-state index contributed by atoms with van der Waals surface area (Å²) < 4.78 is 0.962. The van der Waals surface area contributed by atoms with E-state index in [1.54, 1.807) is 0 Å². The molecule has 0 amide bonds. The molecule has 1 atom stereocenters. The van der Waals surface area contributed by atoms with Crippen LogP contribution in [0.5, 0.6) is 0 Å². The van der Waals surface area contributed by atoms with Crippen LogP contribution in [0.4, 0.5) is 0 Å². The number of rotatable bonds is 7. The highest BCUT2D eigenvalue weighted by atomic mass is 79.9. The van der Waals surface area contributed by atoms with Crippen LogP contribution in [0.2, 0.25) is 0 Å². The number of nitrogens with zero attached hydrogens (tertiary/aromatic N) is 1. The smallest absolute Gasteiger partial charge is 0.0813 e. The Morgan fingerprint density at radius 1 is 1.14 bits per heavy atom. The van der Waals surface area contributed by atoms with Gasteiger partial charge in [0, 0.05) is 23.6 Å². The van der Waals surface area contributed by atoms with Gasteiger partial charge in [0.1, 0.15) is 0 Å². The standard InChI is InChI=1S/C17H26BrNO2/c18-16-9-5-4-8-15(16)17(21)10-11-19(12-13-20)14-6-2-1-3-7-14/h4-5,8-9,14,17,20-21H,1-3,6-7,10-13H2. The summed E-state index contributed by atoms with van der Waals surface area (Å²) in [6.45, 7) is 1.75. The molecule has 0 saturated heterocycles. The van der Waals surface area contributed by atoms with Gasteiger partial charge in [0.2, 0.25) is 0 Å². The fraction of sp³-hybridized carbons (Fsp3) is 0.647. The van der Waals surface area contributed by atoms with Crippen LogP contribution in [0.1, 0.15) is 50.2 Å². The SMILES string of the molecule is OCCN(CCC(O)c1ccccc1Br)C1CCCCC1. The second-order valence-electron chi connectivity index (χ2n) is 5.88. The Morgan fingerprint density at radius 2 is 1.86 bits per heavy atom. The number of aliphatic hydroxyl groups excluding tert-OH is 2. The molecule has 1 aliphatic carbocycles. The van der Waals surface area contributed by atoms with Gasteiger partial charge in [0.15, 0.2) is 0 Å². The number of benzene rings is 1. The first-order valence-electron chi connectivity index (χ1n) is 7.99. The molecule has 0 bridgehead atoms. The maximum absolute atomic E-state index is 10.4. The molecule has 1 aromatic carbocycles. The van der Waals surface area contributed by atoms with Gasteiger partial charge in [-0.15, -0.1) is 0 Å². The van der Waals surface area contributed by atoms with Crippen LogP contribution in [0.15, 0.2) is 28.7 Å². The van der Waals surface area contributed by atoms with E-state index >= 15 is 0 Å². The molecule has 0 aliphatic heterocycles. The summed E-state index contributed by atoms with van der Waals surface area (Å²) in [4.78, 5) is 2.36. The van der Waals surface area contributed by atoms with Crippen LogP contribution in [0, 0.1) is 0 Å².